The van der Waals surface area contributed by atoms with Crippen LogP contribution in [-0.4, -0.2) is 90.9 Å². The molecule has 1 unspecified atom stereocenters. The Morgan fingerprint density at radius 1 is 0.980 bits per heavy atom. The maximum absolute atomic E-state index is 14.9. The lowest BCUT2D eigenvalue weighted by molar-refractivity contribution is -0.135. The fourth-order valence-corrected chi connectivity index (χ4v) is 7.12. The standard InChI is InChI=1S/C40H50N4O7/c1-27(46)34-12-7-24-44(28(2)47)35(19-25-45)31-15-18-36-33(26-31)37(38(51-36)29-13-16-32(50-3)17-14-29)40(49)43(22-8-20-41-34)23-9-21-42-39(48)30-10-5-4-6-11-30/h4-6,10-11,13-18,26,34-35,37-38,41,45H,7-9,12,19-25H2,1-3H3,(H,42,48)/t34?,35-,37-,38+/m0/s1. The van der Waals surface area contributed by atoms with Gasteiger partial charge in [0.25, 0.3) is 5.91 Å². The lowest BCUT2D eigenvalue weighted by Crippen LogP contribution is -2.42. The first kappa shape index (κ1) is 37.5. The zero-order valence-corrected chi connectivity index (χ0v) is 29.8. The zero-order chi connectivity index (χ0) is 36.3. The topological polar surface area (TPSA) is 138 Å². The van der Waals surface area contributed by atoms with E-state index in [1.54, 1.807) is 31.1 Å². The predicted octanol–water partition coefficient (Wildman–Crippen LogP) is 4.56. The van der Waals surface area contributed by atoms with E-state index in [1.165, 1.54) is 6.92 Å². The van der Waals surface area contributed by atoms with Gasteiger partial charge >= 0.3 is 0 Å². The van der Waals surface area contributed by atoms with E-state index < -0.39 is 18.1 Å². The van der Waals surface area contributed by atoms with Crippen molar-refractivity contribution in [3.63, 3.8) is 0 Å². The van der Waals surface area contributed by atoms with Gasteiger partial charge in [-0.1, -0.05) is 36.4 Å². The van der Waals surface area contributed by atoms with Crippen LogP contribution in [-0.2, 0) is 14.4 Å². The molecule has 3 aromatic rings. The highest BCUT2D eigenvalue weighted by molar-refractivity contribution is 5.94. The average molecular weight is 699 g/mol. The van der Waals surface area contributed by atoms with Crippen LogP contribution in [0.1, 0.15) is 91.1 Å². The molecule has 11 heteroatoms. The number of benzene rings is 3. The Morgan fingerprint density at radius 2 is 1.73 bits per heavy atom. The smallest absolute Gasteiger partial charge is 0.251 e. The number of nitrogens with one attached hydrogen (secondary N) is 2. The number of hydrogen-bond acceptors (Lipinski definition) is 8. The molecule has 51 heavy (non-hydrogen) atoms. The van der Waals surface area contributed by atoms with Crippen LogP contribution in [0.15, 0.2) is 72.8 Å². The Bertz CT molecular complexity index is 1650. The molecule has 4 atom stereocenters. The highest BCUT2D eigenvalue weighted by atomic mass is 16.5. The van der Waals surface area contributed by atoms with Crippen LogP contribution < -0.4 is 20.1 Å². The summed E-state index contributed by atoms with van der Waals surface area (Å²) in [7, 11) is 1.60. The van der Waals surface area contributed by atoms with Crippen molar-refractivity contribution in [1.29, 1.82) is 0 Å². The predicted molar refractivity (Wildman–Crippen MR) is 194 cm³/mol. The summed E-state index contributed by atoms with van der Waals surface area (Å²) in [5, 5.41) is 16.5. The average Bonchev–Trinajstić information content (AvgIpc) is 3.52. The van der Waals surface area contributed by atoms with Gasteiger partial charge < -0.3 is 35.0 Å². The van der Waals surface area contributed by atoms with Crippen LogP contribution in [0.3, 0.4) is 0 Å². The molecule has 2 bridgehead atoms. The molecular weight excluding hydrogens is 648 g/mol. The summed E-state index contributed by atoms with van der Waals surface area (Å²) in [6.45, 7) is 5.12. The number of ketones is 1. The van der Waals surface area contributed by atoms with Crippen LogP contribution in [0.25, 0.3) is 0 Å². The molecular formula is C40H50N4O7. The lowest BCUT2D eigenvalue weighted by Gasteiger charge is -2.32. The molecule has 0 aliphatic carbocycles. The van der Waals surface area contributed by atoms with Crippen LogP contribution in [0.5, 0.6) is 11.5 Å². The van der Waals surface area contributed by atoms with Crippen molar-refractivity contribution in [2.24, 2.45) is 0 Å². The molecule has 0 fully saturated rings. The van der Waals surface area contributed by atoms with Crippen molar-refractivity contribution in [1.82, 2.24) is 20.4 Å². The van der Waals surface area contributed by atoms with Gasteiger partial charge in [0.05, 0.1) is 19.2 Å². The number of hydrogen-bond donors (Lipinski definition) is 3. The van der Waals surface area contributed by atoms with Gasteiger partial charge in [-0.05, 0) is 93.1 Å². The Kier molecular flexibility index (Phi) is 13.2. The van der Waals surface area contributed by atoms with Crippen molar-refractivity contribution in [2.75, 3.05) is 46.4 Å². The largest absolute Gasteiger partial charge is 0.497 e. The Balaban J connectivity index is 1.50. The van der Waals surface area contributed by atoms with E-state index >= 15 is 0 Å². The summed E-state index contributed by atoms with van der Waals surface area (Å²) in [5.74, 6) is 0.191. The van der Waals surface area contributed by atoms with Gasteiger partial charge in [0.15, 0.2) is 0 Å². The molecule has 2 heterocycles. The molecule has 2 aliphatic rings. The fourth-order valence-electron chi connectivity index (χ4n) is 7.12. The highest BCUT2D eigenvalue weighted by Crippen LogP contribution is 2.48. The number of carbonyl (C=O) groups is 4. The molecule has 3 aromatic carbocycles. The maximum atomic E-state index is 14.9. The number of ether oxygens (including phenoxy) is 2. The minimum atomic E-state index is -0.696. The molecule has 0 aromatic heterocycles. The Morgan fingerprint density at radius 3 is 2.41 bits per heavy atom. The summed E-state index contributed by atoms with van der Waals surface area (Å²) >= 11 is 0. The molecule has 3 N–H and O–H groups in total. The van der Waals surface area contributed by atoms with Crippen molar-refractivity contribution in [2.45, 2.75) is 70.1 Å². The van der Waals surface area contributed by atoms with E-state index in [1.807, 2.05) is 65.6 Å². The van der Waals surface area contributed by atoms with Gasteiger partial charge in [-0.3, -0.25) is 19.2 Å². The van der Waals surface area contributed by atoms with Crippen molar-refractivity contribution >= 4 is 23.5 Å². The summed E-state index contributed by atoms with van der Waals surface area (Å²) < 4.78 is 11.9. The maximum Gasteiger partial charge on any atom is 0.251 e. The van der Waals surface area contributed by atoms with E-state index in [0.29, 0.717) is 81.9 Å². The van der Waals surface area contributed by atoms with Gasteiger partial charge in [0, 0.05) is 50.8 Å². The number of amides is 3. The molecule has 2 aliphatic heterocycles. The molecule has 0 saturated carbocycles. The van der Waals surface area contributed by atoms with Crippen LogP contribution in [0.4, 0.5) is 0 Å². The molecule has 272 valence electrons. The third-order valence-corrected chi connectivity index (χ3v) is 9.82. The van der Waals surface area contributed by atoms with E-state index in [0.717, 1.165) is 16.7 Å². The number of Topliss-reactive ketones (excluding diaryl/α,β-unsaturated/α-hetero) is 1. The van der Waals surface area contributed by atoms with Gasteiger partial charge in [0.1, 0.15) is 29.3 Å². The Labute approximate surface area is 300 Å². The number of carbonyl (C=O) groups excluding carboxylic acids is 4. The van der Waals surface area contributed by atoms with Gasteiger partial charge in [-0.15, -0.1) is 0 Å². The van der Waals surface area contributed by atoms with E-state index in [-0.39, 0.29) is 36.2 Å². The molecule has 0 spiro atoms. The van der Waals surface area contributed by atoms with E-state index in [2.05, 4.69) is 10.6 Å². The second-order valence-corrected chi connectivity index (χ2v) is 13.2. The monoisotopic (exact) mass is 698 g/mol. The first-order chi connectivity index (χ1) is 24.7. The molecule has 11 nitrogen and oxygen atoms in total. The third-order valence-electron chi connectivity index (χ3n) is 9.82. The summed E-state index contributed by atoms with van der Waals surface area (Å²) in [4.78, 5) is 56.8. The summed E-state index contributed by atoms with van der Waals surface area (Å²) in [5.41, 5.74) is 2.93. The Hall–Kier alpha value is -4.74. The SMILES string of the molecule is COc1ccc([C@H]2Oc3ccc4cc3[C@@H]2C(=O)N(CCCNC(=O)c2ccccc2)CCCNC(C(C)=O)CCCN(C(C)=O)[C@H]4CCO)cc1. The molecule has 0 radical (unpaired) electrons. The second-order valence-electron chi connectivity index (χ2n) is 13.2. The zero-order valence-electron chi connectivity index (χ0n) is 29.8. The summed E-state index contributed by atoms with van der Waals surface area (Å²) in [6, 6.07) is 21.4. The normalized spacial score (nSPS) is 21.1. The summed E-state index contributed by atoms with van der Waals surface area (Å²) in [6.07, 6.45) is 2.00. The second kappa shape index (κ2) is 18.0. The van der Waals surface area contributed by atoms with Gasteiger partial charge in [-0.25, -0.2) is 0 Å². The van der Waals surface area contributed by atoms with Crippen molar-refractivity contribution in [3.8, 4) is 11.5 Å². The van der Waals surface area contributed by atoms with Gasteiger partial charge in [-0.2, -0.15) is 0 Å². The molecule has 0 saturated heterocycles. The molecule has 3 amide bonds. The minimum absolute atomic E-state index is 0.0187. The number of aliphatic hydroxyl groups is 1. The first-order valence-corrected chi connectivity index (χ1v) is 17.9. The number of methoxy groups -OCH3 is 1. The first-order valence-electron chi connectivity index (χ1n) is 17.9. The van der Waals surface area contributed by atoms with Gasteiger partial charge in [0.2, 0.25) is 11.8 Å². The number of fused-ring (bicyclic) bond motifs is 1. The lowest BCUT2D eigenvalue weighted by atomic mass is 9.87. The van der Waals surface area contributed by atoms with E-state index in [4.69, 9.17) is 9.47 Å². The fraction of sp³-hybridized carbons (Fsp3) is 0.450. The molecule has 5 rings (SSSR count). The van der Waals surface area contributed by atoms with Crippen LogP contribution in [0.2, 0.25) is 0 Å². The number of rotatable bonds is 10. The number of nitrogens with zero attached hydrogens (tertiary/aromatic N) is 2. The van der Waals surface area contributed by atoms with Crippen LogP contribution >= 0.6 is 0 Å². The highest BCUT2D eigenvalue weighted by Gasteiger charge is 2.43. The quantitative estimate of drug-likeness (QED) is 0.262. The number of aliphatic hydroxyl groups excluding tert-OH is 1. The van der Waals surface area contributed by atoms with E-state index in [9.17, 15) is 24.3 Å². The minimum Gasteiger partial charge on any atom is -0.497 e. The van der Waals surface area contributed by atoms with Crippen LogP contribution in [0, 0.1) is 0 Å². The van der Waals surface area contributed by atoms with Crippen molar-refractivity contribution in [3.05, 3.63) is 95.1 Å². The third kappa shape index (κ3) is 9.33. The van der Waals surface area contributed by atoms with Crippen molar-refractivity contribution < 1.29 is 33.8 Å².